The number of rotatable bonds is 6. The molecule has 2 aromatic rings. The van der Waals surface area contributed by atoms with E-state index in [1.807, 2.05) is 10.8 Å². The first kappa shape index (κ1) is 34.2. The molecule has 0 aliphatic carbocycles. The van der Waals surface area contributed by atoms with Crippen LogP contribution in [-0.4, -0.2) is 124 Å². The number of carbonyl (C=O) groups is 3. The van der Waals surface area contributed by atoms with Crippen LogP contribution in [0.2, 0.25) is 5.02 Å². The number of piperazine rings is 1. The number of aromatic hydroxyl groups is 1. The second-order valence-electron chi connectivity index (χ2n) is 13.9. The number of halogens is 4. The highest BCUT2D eigenvalue weighted by atomic mass is 35.5. The molecule has 16 heteroatoms. The Labute approximate surface area is 291 Å². The molecule has 11 nitrogen and oxygen atoms in total. The van der Waals surface area contributed by atoms with Gasteiger partial charge in [0.25, 0.3) is 5.91 Å². The molecule has 5 aliphatic rings. The highest BCUT2D eigenvalue weighted by Gasteiger charge is 2.45. The van der Waals surface area contributed by atoms with Gasteiger partial charge < -0.3 is 34.8 Å². The Kier molecular flexibility index (Phi) is 9.39. The fourth-order valence-electron chi connectivity index (χ4n) is 8.20. The second kappa shape index (κ2) is 13.5. The Balaban J connectivity index is 1.02. The van der Waals surface area contributed by atoms with Gasteiger partial charge in [-0.05, 0) is 62.2 Å². The zero-order valence-corrected chi connectivity index (χ0v) is 28.7. The number of urea groups is 1. The highest BCUT2D eigenvalue weighted by molar-refractivity contribution is 7.08. The van der Waals surface area contributed by atoms with Gasteiger partial charge in [0, 0.05) is 80.8 Å². The maximum absolute atomic E-state index is 14.0. The summed E-state index contributed by atoms with van der Waals surface area (Å²) >= 11 is 7.51. The van der Waals surface area contributed by atoms with Gasteiger partial charge in [0.05, 0.1) is 22.8 Å². The Morgan fingerprint density at radius 3 is 2.37 bits per heavy atom. The number of phenols is 1. The Bertz CT molecular complexity index is 1590. The van der Waals surface area contributed by atoms with Crippen LogP contribution in [0.1, 0.15) is 48.8 Å². The highest BCUT2D eigenvalue weighted by Crippen LogP contribution is 2.41. The average molecular weight is 725 g/mol. The monoisotopic (exact) mass is 724 g/mol. The van der Waals surface area contributed by atoms with Gasteiger partial charge in [0.15, 0.2) is 6.10 Å². The average Bonchev–Trinajstić information content (AvgIpc) is 3.80. The maximum atomic E-state index is 14.0. The van der Waals surface area contributed by atoms with Crippen molar-refractivity contribution in [3.05, 3.63) is 44.6 Å². The van der Waals surface area contributed by atoms with E-state index in [0.717, 1.165) is 49.7 Å². The molecule has 7 rings (SSSR count). The number of nitrogens with zero attached hydrogens (tertiary/aromatic N) is 5. The standard InChI is InChI=1S/C33H40ClF3N6O5S/c1-39-15-24-13-23(39)16-42(24)21-2-6-40(7-3-21)30(45)28(12-19-10-25(33(35,36)37)29(44)26(34)11-19)48-32(47)41-8-4-22(5-9-41)43-14-20-17-49-18-27(20)38-31(43)46/h10-11,17-18,21-24,28,44H,2-9,12-16H2,1H3,(H,38,46)/t23?,24?,28-/m1/s1. The molecule has 0 radical (unpaired) electrons. The largest absolute Gasteiger partial charge is 0.506 e. The van der Waals surface area contributed by atoms with Gasteiger partial charge in [0.2, 0.25) is 0 Å². The minimum absolute atomic E-state index is 0.0102. The summed E-state index contributed by atoms with van der Waals surface area (Å²) in [5, 5.41) is 16.3. The molecule has 3 atom stereocenters. The van der Waals surface area contributed by atoms with E-state index in [4.69, 9.17) is 16.3 Å². The van der Waals surface area contributed by atoms with Gasteiger partial charge in [-0.25, -0.2) is 9.59 Å². The fraction of sp³-hybridized carbons (Fsp3) is 0.606. The van der Waals surface area contributed by atoms with Crippen LogP contribution in [0.3, 0.4) is 0 Å². The summed E-state index contributed by atoms with van der Waals surface area (Å²) in [5.74, 6) is -1.57. The molecular weight excluding hydrogens is 685 g/mol. The zero-order chi connectivity index (χ0) is 34.6. The topological polar surface area (TPSA) is 109 Å². The quantitative estimate of drug-likeness (QED) is 0.429. The number of fused-ring (bicyclic) bond motifs is 3. The first-order chi connectivity index (χ1) is 23.4. The van der Waals surface area contributed by atoms with Crippen LogP contribution in [0.4, 0.5) is 28.4 Å². The third-order valence-electron chi connectivity index (χ3n) is 10.9. The van der Waals surface area contributed by atoms with E-state index < -0.39 is 40.6 Å². The van der Waals surface area contributed by atoms with Crippen molar-refractivity contribution in [3.63, 3.8) is 0 Å². The van der Waals surface area contributed by atoms with E-state index in [1.54, 1.807) is 9.80 Å². The lowest BCUT2D eigenvalue weighted by atomic mass is 9.99. The van der Waals surface area contributed by atoms with Crippen molar-refractivity contribution < 1.29 is 37.4 Å². The first-order valence-electron chi connectivity index (χ1n) is 16.8. The van der Waals surface area contributed by atoms with E-state index in [-0.39, 0.29) is 37.1 Å². The van der Waals surface area contributed by atoms with Crippen LogP contribution in [0, 0.1) is 0 Å². The molecule has 6 heterocycles. The summed E-state index contributed by atoms with van der Waals surface area (Å²) in [6.45, 7) is 3.99. The van der Waals surface area contributed by atoms with E-state index in [1.165, 1.54) is 22.3 Å². The van der Waals surface area contributed by atoms with Crippen LogP contribution in [0.25, 0.3) is 0 Å². The molecule has 5 aliphatic heterocycles. The molecule has 4 saturated heterocycles. The molecular formula is C33H40ClF3N6O5S. The number of carbonyl (C=O) groups excluding carboxylic acids is 3. The van der Waals surface area contributed by atoms with Gasteiger partial charge in [0.1, 0.15) is 5.75 Å². The number of amides is 4. The molecule has 49 heavy (non-hydrogen) atoms. The van der Waals surface area contributed by atoms with Crippen molar-refractivity contribution in [2.75, 3.05) is 51.6 Å². The van der Waals surface area contributed by atoms with Crippen LogP contribution < -0.4 is 5.32 Å². The number of piperidine rings is 2. The minimum Gasteiger partial charge on any atom is -0.506 e. The van der Waals surface area contributed by atoms with Gasteiger partial charge in [-0.3, -0.25) is 9.69 Å². The minimum atomic E-state index is -4.88. The third-order valence-corrected chi connectivity index (χ3v) is 12.0. The summed E-state index contributed by atoms with van der Waals surface area (Å²) in [7, 11) is 2.15. The lowest BCUT2D eigenvalue weighted by molar-refractivity contribution is -0.142. The molecule has 2 N–H and O–H groups in total. The summed E-state index contributed by atoms with van der Waals surface area (Å²) in [5.41, 5.74) is 0.550. The van der Waals surface area contributed by atoms with Gasteiger partial charge in [-0.2, -0.15) is 13.2 Å². The van der Waals surface area contributed by atoms with E-state index in [9.17, 15) is 32.7 Å². The molecule has 0 saturated carbocycles. The summed E-state index contributed by atoms with van der Waals surface area (Å²) in [6, 6.07) is 3.05. The molecule has 4 amide bonds. The van der Waals surface area contributed by atoms with Crippen molar-refractivity contribution >= 4 is 46.7 Å². The summed E-state index contributed by atoms with van der Waals surface area (Å²) in [6.07, 6.45) is -3.69. The van der Waals surface area contributed by atoms with Crippen LogP contribution in [0.5, 0.6) is 5.75 Å². The predicted octanol–water partition coefficient (Wildman–Crippen LogP) is 5.07. The number of likely N-dealkylation sites (N-methyl/N-ethyl adjacent to an activating group) is 1. The molecule has 1 aromatic heterocycles. The first-order valence-corrected chi connectivity index (χ1v) is 18.1. The van der Waals surface area contributed by atoms with Crippen molar-refractivity contribution in [3.8, 4) is 5.75 Å². The number of hydrogen-bond acceptors (Lipinski definition) is 8. The van der Waals surface area contributed by atoms with Crippen molar-refractivity contribution in [2.24, 2.45) is 0 Å². The van der Waals surface area contributed by atoms with E-state index >= 15 is 0 Å². The molecule has 266 valence electrons. The number of benzene rings is 1. The van der Waals surface area contributed by atoms with Crippen LogP contribution in [0.15, 0.2) is 22.9 Å². The number of thiophene rings is 1. The number of ether oxygens (including phenoxy) is 1. The van der Waals surface area contributed by atoms with Gasteiger partial charge >= 0.3 is 18.3 Å². The summed E-state index contributed by atoms with van der Waals surface area (Å²) < 4.78 is 47.0. The van der Waals surface area contributed by atoms with Gasteiger partial charge in [-0.15, -0.1) is 11.3 Å². The van der Waals surface area contributed by atoms with E-state index in [0.29, 0.717) is 50.6 Å². The zero-order valence-electron chi connectivity index (χ0n) is 27.1. The Hall–Kier alpha value is -3.27. The Morgan fingerprint density at radius 1 is 1.02 bits per heavy atom. The predicted molar refractivity (Wildman–Crippen MR) is 177 cm³/mol. The Morgan fingerprint density at radius 2 is 1.71 bits per heavy atom. The number of phenolic OH excluding ortho intramolecular Hbond substituents is 1. The van der Waals surface area contributed by atoms with Gasteiger partial charge in [-0.1, -0.05) is 11.6 Å². The molecule has 1 aromatic carbocycles. The number of nitrogens with one attached hydrogen (secondary N) is 1. The SMILES string of the molecule is CN1CC2CC1CN2C1CCN(C(=O)[C@@H](Cc2cc(Cl)c(O)c(C(F)(F)F)c2)OC(=O)N2CCC(N3Cc4cscc4NC3=O)CC2)CC1. The second-order valence-corrected chi connectivity index (χ2v) is 15.0. The molecule has 2 bridgehead atoms. The van der Waals surface area contributed by atoms with Crippen LogP contribution >= 0.6 is 22.9 Å². The van der Waals surface area contributed by atoms with Crippen molar-refractivity contribution in [1.29, 1.82) is 0 Å². The number of hydrogen-bond donors (Lipinski definition) is 2. The normalized spacial score (nSPS) is 24.7. The van der Waals surface area contributed by atoms with E-state index in [2.05, 4.69) is 22.2 Å². The lowest BCUT2D eigenvalue weighted by Crippen LogP contribution is -2.55. The molecule has 0 spiro atoms. The number of likely N-dealkylation sites (tertiary alicyclic amines) is 4. The fourth-order valence-corrected chi connectivity index (χ4v) is 9.22. The summed E-state index contributed by atoms with van der Waals surface area (Å²) in [4.78, 5) is 50.1. The number of anilines is 1. The lowest BCUT2D eigenvalue weighted by Gasteiger charge is -2.42. The molecule has 4 fully saturated rings. The maximum Gasteiger partial charge on any atom is 0.420 e. The van der Waals surface area contributed by atoms with Crippen molar-refractivity contribution in [2.45, 2.75) is 81.5 Å². The third kappa shape index (κ3) is 6.91. The van der Waals surface area contributed by atoms with Crippen molar-refractivity contribution in [1.82, 2.24) is 24.5 Å². The molecule has 2 unspecified atom stereocenters. The van der Waals surface area contributed by atoms with Crippen LogP contribution in [-0.2, 0) is 28.7 Å². The number of alkyl halides is 3. The smallest absolute Gasteiger partial charge is 0.420 e.